The Bertz CT molecular complexity index is 144. The Morgan fingerprint density at radius 3 is 0.900 bits per heavy atom. The average Bonchev–Trinajstić information content (AvgIpc) is 1.12. The van der Waals surface area contributed by atoms with Crippen molar-refractivity contribution >= 4 is 18.6 Å². The molecule has 0 unspecified atom stereocenters. The molecule has 0 fully saturated rings. The summed E-state index contributed by atoms with van der Waals surface area (Å²) in [6.07, 6.45) is 0. The van der Waals surface area contributed by atoms with Gasteiger partial charge in [-0.3, -0.25) is 9.11 Å². The first kappa shape index (κ1) is 12.8. The summed E-state index contributed by atoms with van der Waals surface area (Å²) >= 11 is 0. The van der Waals surface area contributed by atoms with Crippen LogP contribution in [0.15, 0.2) is 0 Å². The van der Waals surface area contributed by atoms with Crippen molar-refractivity contribution < 1.29 is 37.1 Å². The molecular weight excluding hydrogens is 191 g/mol. The van der Waals surface area contributed by atoms with Crippen LogP contribution in [-0.4, -0.2) is 37.1 Å². The van der Waals surface area contributed by atoms with Crippen LogP contribution in [0.1, 0.15) is 0 Å². The third-order valence-electron chi connectivity index (χ3n) is 0. The molecule has 0 aromatic carbocycles. The first-order chi connectivity index (χ1) is 4.00. The van der Waals surface area contributed by atoms with E-state index in [1.807, 2.05) is 0 Å². The molecule has 8 nitrogen and oxygen atoms in total. The van der Waals surface area contributed by atoms with Crippen LogP contribution < -0.4 is 0 Å². The molecule has 0 rings (SSSR count). The second kappa shape index (κ2) is 4.11. The van der Waals surface area contributed by atoms with E-state index in [9.17, 15) is 0 Å². The van der Waals surface area contributed by atoms with Gasteiger partial charge in [-0.1, -0.05) is 0 Å². The van der Waals surface area contributed by atoms with Crippen molar-refractivity contribution in [1.82, 2.24) is 0 Å². The average molecular weight is 198 g/mol. The molecule has 0 amide bonds. The fraction of sp³-hybridized carbons (Fsp3) is 0. The zero-order chi connectivity index (χ0) is 9.00. The van der Waals surface area contributed by atoms with Crippen molar-refractivity contribution in [3.63, 3.8) is 0 Å². The Morgan fingerprint density at radius 1 is 0.900 bits per heavy atom. The van der Waals surface area contributed by atoms with Crippen LogP contribution in [-0.2, 0) is 10.4 Å². The summed E-state index contributed by atoms with van der Waals surface area (Å²) in [5.41, 5.74) is 0. The molecule has 0 aromatic heterocycles. The third-order valence-corrected chi connectivity index (χ3v) is 0. The molecule has 0 aliphatic rings. The summed E-state index contributed by atoms with van der Waals surface area (Å²) in [5.74, 6) is 0. The molecule has 0 spiro atoms. The van der Waals surface area contributed by atoms with Crippen molar-refractivity contribution in [3.8, 4) is 0 Å². The fourth-order valence-electron chi connectivity index (χ4n) is 0. The van der Waals surface area contributed by atoms with Gasteiger partial charge in [-0.2, -0.15) is 8.42 Å². The number of hydrogen-bond donors (Lipinski definition) is 6. The molecule has 6 N–H and O–H groups in total. The second-order valence-corrected chi connectivity index (χ2v) is 3.14. The van der Waals surface area contributed by atoms with Crippen LogP contribution >= 0.6 is 8.17 Å². The third kappa shape index (κ3) is 21200. The fourth-order valence-corrected chi connectivity index (χ4v) is 0. The standard InChI is InChI=1S/H5O4P.H2O4S/c2*1-5(2,3)4/h1-5H;(H2,1,2,3,4). The van der Waals surface area contributed by atoms with Gasteiger partial charge in [-0.25, -0.2) is 0 Å². The molecule has 0 bridgehead atoms. The van der Waals surface area contributed by atoms with Gasteiger partial charge in [-0.05, 0) is 0 Å². The van der Waals surface area contributed by atoms with Gasteiger partial charge >= 0.3 is 38.1 Å². The van der Waals surface area contributed by atoms with Crippen LogP contribution in [0.25, 0.3) is 0 Å². The zero-order valence-corrected chi connectivity index (χ0v) is 6.22. The maximum atomic E-state index is 8.74. The van der Waals surface area contributed by atoms with Crippen molar-refractivity contribution in [2.24, 2.45) is 0 Å². The molecule has 0 heterocycles. The van der Waals surface area contributed by atoms with E-state index in [4.69, 9.17) is 37.1 Å². The van der Waals surface area contributed by atoms with Gasteiger partial charge in [0.2, 0.25) is 0 Å². The normalized spacial score (nSPS) is 13.4. The summed E-state index contributed by atoms with van der Waals surface area (Å²) in [5, 5.41) is 0. The van der Waals surface area contributed by atoms with Crippen molar-refractivity contribution in [1.29, 1.82) is 0 Å². The van der Waals surface area contributed by atoms with Gasteiger partial charge in [0.15, 0.2) is 0 Å². The summed E-state index contributed by atoms with van der Waals surface area (Å²) < 4.78 is 31.6. The van der Waals surface area contributed by atoms with E-state index in [0.29, 0.717) is 0 Å². The van der Waals surface area contributed by atoms with Crippen LogP contribution in [0.4, 0.5) is 0 Å². The van der Waals surface area contributed by atoms with Gasteiger partial charge in [0.05, 0.1) is 0 Å². The number of hydrogen-bond acceptors (Lipinski definition) is 6. The van der Waals surface area contributed by atoms with Crippen molar-refractivity contribution in [2.45, 2.75) is 0 Å². The summed E-state index contributed by atoms with van der Waals surface area (Å²) in [6.45, 7) is 0. The molecule has 0 aliphatic heterocycles. The molecule has 10 heteroatoms. The Hall–Kier alpha value is 0.140. The second-order valence-electron chi connectivity index (χ2n) is 1.05. The van der Waals surface area contributed by atoms with Gasteiger partial charge < -0.3 is 0 Å². The molecule has 0 radical (unpaired) electrons. The molecule has 0 saturated carbocycles. The van der Waals surface area contributed by atoms with Gasteiger partial charge in [0.1, 0.15) is 0 Å². The summed E-state index contributed by atoms with van der Waals surface area (Å²) in [4.78, 5) is 29.3. The SMILES string of the molecule is O=S(=O)(O)O.O[PH](O)(O)O. The van der Waals surface area contributed by atoms with Crippen LogP contribution in [0, 0.1) is 0 Å². The molecule has 0 aromatic rings. The predicted octanol–water partition coefficient (Wildman–Crippen LogP) is -2.29. The van der Waals surface area contributed by atoms with Crippen LogP contribution in [0.5, 0.6) is 0 Å². The topological polar surface area (TPSA) is 156 Å². The van der Waals surface area contributed by atoms with E-state index in [2.05, 4.69) is 0 Å². The maximum absolute atomic E-state index is 8.74. The van der Waals surface area contributed by atoms with Crippen molar-refractivity contribution in [2.75, 3.05) is 0 Å². The van der Waals surface area contributed by atoms with Crippen LogP contribution in [0.3, 0.4) is 0 Å². The van der Waals surface area contributed by atoms with Gasteiger partial charge in [-0.15, -0.1) is 0 Å². The molecule has 66 valence electrons. The van der Waals surface area contributed by atoms with E-state index in [1.54, 1.807) is 0 Å². The first-order valence-electron chi connectivity index (χ1n) is 1.59. The monoisotopic (exact) mass is 198 g/mol. The van der Waals surface area contributed by atoms with E-state index >= 15 is 0 Å². The minimum absolute atomic E-state index is 4.61. The number of rotatable bonds is 0. The Balaban J connectivity index is 0. The van der Waals surface area contributed by atoms with Gasteiger partial charge in [0.25, 0.3) is 0 Å². The molecular formula is H7O8PS. The minimum atomic E-state index is -4.67. The van der Waals surface area contributed by atoms with E-state index in [0.717, 1.165) is 0 Å². The van der Waals surface area contributed by atoms with E-state index < -0.39 is 18.6 Å². The quantitative estimate of drug-likeness (QED) is 0.187. The molecule has 0 saturated heterocycles. The molecule has 10 heavy (non-hydrogen) atoms. The molecule has 0 atom stereocenters. The van der Waals surface area contributed by atoms with Crippen molar-refractivity contribution in [3.05, 3.63) is 0 Å². The molecule has 0 aliphatic carbocycles. The van der Waals surface area contributed by atoms with Gasteiger partial charge in [0, 0.05) is 0 Å². The summed E-state index contributed by atoms with van der Waals surface area (Å²) in [7, 11) is -9.28. The van der Waals surface area contributed by atoms with E-state index in [1.165, 1.54) is 0 Å². The Morgan fingerprint density at radius 2 is 0.900 bits per heavy atom. The Labute approximate surface area is 56.6 Å². The van der Waals surface area contributed by atoms with Crippen LogP contribution in [0.2, 0.25) is 0 Å². The zero-order valence-electron chi connectivity index (χ0n) is 4.41. The van der Waals surface area contributed by atoms with E-state index in [-0.39, 0.29) is 0 Å². The summed E-state index contributed by atoms with van der Waals surface area (Å²) in [6, 6.07) is 0. The first-order valence-corrected chi connectivity index (χ1v) is 4.78. The Kier molecular flexibility index (Phi) is 5.25. The predicted molar refractivity (Wildman–Crippen MR) is 31.4 cm³/mol.